The third-order valence-electron chi connectivity index (χ3n) is 3.55. The summed E-state index contributed by atoms with van der Waals surface area (Å²) in [4.78, 5) is 22.1. The zero-order chi connectivity index (χ0) is 14.8. The number of hydrogen-bond donors (Lipinski definition) is 2. The summed E-state index contributed by atoms with van der Waals surface area (Å²) >= 11 is 0. The summed E-state index contributed by atoms with van der Waals surface area (Å²) in [6.07, 6.45) is 1.68. The Bertz CT molecular complexity index is 566. The first-order chi connectivity index (χ1) is 9.42. The van der Waals surface area contributed by atoms with Gasteiger partial charge >= 0.3 is 5.97 Å². The SMILES string of the molecule is NC(=O)c1ccccc1CS(=O)CC1(CC(=O)O)CC1. The lowest BCUT2D eigenvalue weighted by Crippen LogP contribution is -2.19. The van der Waals surface area contributed by atoms with Gasteiger partial charge in [-0.05, 0) is 29.9 Å². The highest BCUT2D eigenvalue weighted by atomic mass is 32.2. The summed E-state index contributed by atoms with van der Waals surface area (Å²) in [7, 11) is -1.19. The number of hydrogen-bond acceptors (Lipinski definition) is 3. The number of benzene rings is 1. The Morgan fingerprint density at radius 1 is 1.30 bits per heavy atom. The van der Waals surface area contributed by atoms with Gasteiger partial charge in [-0.2, -0.15) is 0 Å². The molecule has 1 amide bonds. The van der Waals surface area contributed by atoms with Crippen LogP contribution in [0.2, 0.25) is 0 Å². The Hall–Kier alpha value is -1.69. The minimum atomic E-state index is -1.19. The van der Waals surface area contributed by atoms with Crippen molar-refractivity contribution in [1.82, 2.24) is 0 Å². The van der Waals surface area contributed by atoms with Crippen molar-refractivity contribution in [2.24, 2.45) is 11.1 Å². The molecule has 5 nitrogen and oxygen atoms in total. The van der Waals surface area contributed by atoms with E-state index in [9.17, 15) is 13.8 Å². The van der Waals surface area contributed by atoms with E-state index in [1.165, 1.54) is 0 Å². The maximum Gasteiger partial charge on any atom is 0.303 e. The van der Waals surface area contributed by atoms with Crippen molar-refractivity contribution in [3.05, 3.63) is 35.4 Å². The van der Waals surface area contributed by atoms with E-state index in [0.717, 1.165) is 12.8 Å². The second kappa shape index (κ2) is 5.75. The molecule has 0 radical (unpaired) electrons. The fourth-order valence-corrected chi connectivity index (χ4v) is 4.10. The molecular weight excluding hydrogens is 278 g/mol. The Morgan fingerprint density at radius 2 is 1.95 bits per heavy atom. The first kappa shape index (κ1) is 14.7. The molecule has 1 aliphatic carbocycles. The first-order valence-corrected chi connectivity index (χ1v) is 7.85. The van der Waals surface area contributed by atoms with Gasteiger partial charge in [0, 0.05) is 27.9 Å². The number of carboxylic acid groups (broad SMARTS) is 1. The van der Waals surface area contributed by atoms with Crippen LogP contribution >= 0.6 is 0 Å². The fourth-order valence-electron chi connectivity index (χ4n) is 2.32. The summed E-state index contributed by atoms with van der Waals surface area (Å²) in [5.74, 6) is -0.784. The van der Waals surface area contributed by atoms with Gasteiger partial charge in [0.15, 0.2) is 0 Å². The van der Waals surface area contributed by atoms with Crippen molar-refractivity contribution in [2.75, 3.05) is 5.75 Å². The van der Waals surface area contributed by atoms with Gasteiger partial charge in [-0.1, -0.05) is 18.2 Å². The molecule has 0 aliphatic heterocycles. The van der Waals surface area contributed by atoms with Crippen molar-refractivity contribution in [3.63, 3.8) is 0 Å². The molecule has 1 fully saturated rings. The molecule has 108 valence electrons. The van der Waals surface area contributed by atoms with Crippen molar-refractivity contribution in [3.8, 4) is 0 Å². The van der Waals surface area contributed by atoms with Gasteiger partial charge < -0.3 is 10.8 Å². The molecule has 0 spiro atoms. The molecule has 1 aliphatic rings. The number of nitrogens with two attached hydrogens (primary N) is 1. The normalized spacial score (nSPS) is 17.4. The van der Waals surface area contributed by atoms with E-state index >= 15 is 0 Å². The lowest BCUT2D eigenvalue weighted by Gasteiger charge is -2.12. The van der Waals surface area contributed by atoms with Gasteiger partial charge in [-0.25, -0.2) is 0 Å². The average molecular weight is 295 g/mol. The van der Waals surface area contributed by atoms with Gasteiger partial charge in [-0.3, -0.25) is 13.8 Å². The van der Waals surface area contributed by atoms with E-state index in [2.05, 4.69) is 0 Å². The van der Waals surface area contributed by atoms with E-state index in [0.29, 0.717) is 16.9 Å². The molecule has 2 rings (SSSR count). The lowest BCUT2D eigenvalue weighted by molar-refractivity contribution is -0.138. The second-order valence-corrected chi connectivity index (χ2v) is 6.78. The molecule has 1 unspecified atom stereocenters. The van der Waals surface area contributed by atoms with Crippen LogP contribution in [0.4, 0.5) is 0 Å². The number of carbonyl (C=O) groups is 2. The zero-order valence-corrected chi connectivity index (χ0v) is 11.8. The third-order valence-corrected chi connectivity index (χ3v) is 5.12. The summed E-state index contributed by atoms with van der Waals surface area (Å²) in [5.41, 5.74) is 6.01. The molecule has 0 bridgehead atoms. The minimum absolute atomic E-state index is 0.0657. The van der Waals surface area contributed by atoms with Crippen LogP contribution < -0.4 is 5.73 Å². The van der Waals surface area contributed by atoms with Crippen molar-refractivity contribution in [2.45, 2.75) is 25.0 Å². The number of amides is 1. The average Bonchev–Trinajstić information content (AvgIpc) is 3.07. The molecule has 0 heterocycles. The maximum absolute atomic E-state index is 12.2. The van der Waals surface area contributed by atoms with Crippen LogP contribution in [0.5, 0.6) is 0 Å². The second-order valence-electron chi connectivity index (χ2n) is 5.32. The Kier molecular flexibility index (Phi) is 4.23. The van der Waals surface area contributed by atoms with Crippen LogP contribution in [0.25, 0.3) is 0 Å². The van der Waals surface area contributed by atoms with Crippen LogP contribution in [0, 0.1) is 5.41 Å². The monoisotopic (exact) mass is 295 g/mol. The molecule has 1 aromatic carbocycles. The van der Waals surface area contributed by atoms with E-state index in [4.69, 9.17) is 10.8 Å². The maximum atomic E-state index is 12.2. The molecule has 3 N–H and O–H groups in total. The number of carbonyl (C=O) groups excluding carboxylic acids is 1. The van der Waals surface area contributed by atoms with Crippen molar-refractivity contribution in [1.29, 1.82) is 0 Å². The highest BCUT2D eigenvalue weighted by molar-refractivity contribution is 7.84. The first-order valence-electron chi connectivity index (χ1n) is 6.36. The lowest BCUT2D eigenvalue weighted by atomic mass is 10.1. The third kappa shape index (κ3) is 3.66. The number of aliphatic carboxylic acids is 1. The topological polar surface area (TPSA) is 97.5 Å². The highest BCUT2D eigenvalue weighted by Crippen LogP contribution is 2.49. The van der Waals surface area contributed by atoms with E-state index in [-0.39, 0.29) is 17.6 Å². The molecule has 0 aromatic heterocycles. The van der Waals surface area contributed by atoms with Gasteiger partial charge in [0.2, 0.25) is 5.91 Å². The number of carboxylic acids is 1. The zero-order valence-electron chi connectivity index (χ0n) is 11.0. The Morgan fingerprint density at radius 3 is 2.50 bits per heavy atom. The fraction of sp³-hybridized carbons (Fsp3) is 0.429. The highest BCUT2D eigenvalue weighted by Gasteiger charge is 2.45. The number of rotatable bonds is 7. The predicted octanol–water partition coefficient (Wildman–Crippen LogP) is 1.29. The largest absolute Gasteiger partial charge is 0.481 e. The van der Waals surface area contributed by atoms with Crippen LogP contribution in [-0.2, 0) is 21.3 Å². The van der Waals surface area contributed by atoms with Crippen molar-refractivity contribution < 1.29 is 18.9 Å². The molecule has 20 heavy (non-hydrogen) atoms. The standard InChI is InChI=1S/C14H17NO4S/c15-13(18)11-4-2-1-3-10(11)8-20(19)9-14(5-6-14)7-12(16)17/h1-4H,5-9H2,(H2,15,18)(H,16,17). The number of primary amides is 1. The van der Waals surface area contributed by atoms with Gasteiger partial charge in [0.25, 0.3) is 0 Å². The smallest absolute Gasteiger partial charge is 0.303 e. The van der Waals surface area contributed by atoms with Crippen LogP contribution in [0.15, 0.2) is 24.3 Å². The minimum Gasteiger partial charge on any atom is -0.481 e. The molecule has 6 heteroatoms. The molecule has 0 saturated heterocycles. The van der Waals surface area contributed by atoms with Gasteiger partial charge in [0.1, 0.15) is 0 Å². The van der Waals surface area contributed by atoms with E-state index in [1.54, 1.807) is 24.3 Å². The predicted molar refractivity (Wildman–Crippen MR) is 75.6 cm³/mol. The Labute approximate surface area is 119 Å². The molecule has 1 saturated carbocycles. The van der Waals surface area contributed by atoms with Crippen molar-refractivity contribution >= 4 is 22.7 Å². The van der Waals surface area contributed by atoms with Crippen LogP contribution in [-0.4, -0.2) is 26.9 Å². The van der Waals surface area contributed by atoms with Crippen LogP contribution in [0.3, 0.4) is 0 Å². The summed E-state index contributed by atoms with van der Waals surface area (Å²) in [6.45, 7) is 0. The van der Waals surface area contributed by atoms with E-state index < -0.39 is 22.7 Å². The molecular formula is C14H17NO4S. The molecule has 1 atom stereocenters. The van der Waals surface area contributed by atoms with Crippen LogP contribution in [0.1, 0.15) is 35.2 Å². The Balaban J connectivity index is 2.02. The van der Waals surface area contributed by atoms with Gasteiger partial charge in [0.05, 0.1) is 6.42 Å². The summed E-state index contributed by atoms with van der Waals surface area (Å²) in [6, 6.07) is 6.82. The molecule has 1 aromatic rings. The van der Waals surface area contributed by atoms with Gasteiger partial charge in [-0.15, -0.1) is 0 Å². The quantitative estimate of drug-likeness (QED) is 0.792. The van der Waals surface area contributed by atoms with E-state index in [1.807, 2.05) is 0 Å². The summed E-state index contributed by atoms with van der Waals surface area (Å²) in [5, 5.41) is 8.85. The summed E-state index contributed by atoms with van der Waals surface area (Å²) < 4.78 is 12.2.